The Balaban J connectivity index is 1.68. The molecule has 144 valence electrons. The van der Waals surface area contributed by atoms with Crippen molar-refractivity contribution in [1.29, 1.82) is 0 Å². The maximum atomic E-state index is 13.6. The minimum atomic E-state index is -0.0928. The third kappa shape index (κ3) is 3.29. The molecule has 0 aliphatic carbocycles. The second-order valence-electron chi connectivity index (χ2n) is 8.11. The monoisotopic (exact) mass is 384 g/mol. The summed E-state index contributed by atoms with van der Waals surface area (Å²) in [6, 6.07) is 4.25. The number of carbonyl (C=O) groups is 1. The molecule has 2 atom stereocenters. The fourth-order valence-electron chi connectivity index (χ4n) is 4.92. The van der Waals surface area contributed by atoms with Gasteiger partial charge in [0.2, 0.25) is 0 Å². The van der Waals surface area contributed by atoms with Crippen molar-refractivity contribution in [2.45, 2.75) is 57.5 Å². The van der Waals surface area contributed by atoms with E-state index in [0.717, 1.165) is 54.2 Å². The molecule has 0 bridgehead atoms. The molecule has 4 rings (SSSR count). The van der Waals surface area contributed by atoms with Crippen molar-refractivity contribution in [2.24, 2.45) is 0 Å². The zero-order valence-electron chi connectivity index (χ0n) is 16.4. The maximum absolute atomic E-state index is 13.6. The number of carbonyl (C=O) groups excluding carboxylic acids is 1. The van der Waals surface area contributed by atoms with Gasteiger partial charge in [0, 0.05) is 24.3 Å². The number of aryl methyl sites for hydroxylation is 1. The number of hydrogen-bond donors (Lipinski definition) is 0. The third-order valence-corrected chi connectivity index (χ3v) is 7.35. The lowest BCUT2D eigenvalue weighted by atomic mass is 9.80. The van der Waals surface area contributed by atoms with E-state index in [-0.39, 0.29) is 11.4 Å². The van der Waals surface area contributed by atoms with Crippen LogP contribution in [0.3, 0.4) is 0 Å². The molecule has 2 saturated heterocycles. The van der Waals surface area contributed by atoms with Crippen LogP contribution in [-0.4, -0.2) is 57.4 Å². The van der Waals surface area contributed by atoms with Gasteiger partial charge >= 0.3 is 0 Å². The summed E-state index contributed by atoms with van der Waals surface area (Å²) in [5.74, 6) is 0.144. The van der Waals surface area contributed by atoms with Crippen molar-refractivity contribution in [3.8, 4) is 10.6 Å². The molecule has 2 aromatic heterocycles. The Hall–Kier alpha value is -1.79. The quantitative estimate of drug-likeness (QED) is 0.785. The van der Waals surface area contributed by atoms with E-state index in [1.54, 1.807) is 17.5 Å². The summed E-state index contributed by atoms with van der Waals surface area (Å²) >= 11 is 1.57. The number of pyridine rings is 1. The van der Waals surface area contributed by atoms with E-state index in [1.165, 1.54) is 12.8 Å². The predicted molar refractivity (Wildman–Crippen MR) is 109 cm³/mol. The first kappa shape index (κ1) is 18.6. The van der Waals surface area contributed by atoms with E-state index in [4.69, 9.17) is 0 Å². The van der Waals surface area contributed by atoms with E-state index in [0.29, 0.717) is 6.04 Å². The van der Waals surface area contributed by atoms with E-state index >= 15 is 0 Å². The first-order chi connectivity index (χ1) is 13.0. The van der Waals surface area contributed by atoms with Gasteiger partial charge in [-0.1, -0.05) is 6.42 Å². The van der Waals surface area contributed by atoms with Crippen LogP contribution in [0.4, 0.5) is 0 Å². The molecule has 0 N–H and O–H groups in total. The number of nitrogens with zero attached hydrogens (tertiary/aromatic N) is 4. The highest BCUT2D eigenvalue weighted by Crippen LogP contribution is 2.38. The molecule has 4 heterocycles. The van der Waals surface area contributed by atoms with E-state index in [1.807, 2.05) is 24.6 Å². The highest BCUT2D eigenvalue weighted by molar-refractivity contribution is 7.13. The summed E-state index contributed by atoms with van der Waals surface area (Å²) in [7, 11) is 2.22. The van der Waals surface area contributed by atoms with Gasteiger partial charge in [0.25, 0.3) is 5.91 Å². The van der Waals surface area contributed by atoms with E-state index in [9.17, 15) is 4.79 Å². The molecule has 5 nitrogen and oxygen atoms in total. The minimum Gasteiger partial charge on any atom is -0.332 e. The normalized spacial score (nSPS) is 26.5. The minimum absolute atomic E-state index is 0.0928. The average molecular weight is 385 g/mol. The van der Waals surface area contributed by atoms with Gasteiger partial charge in [-0.3, -0.25) is 9.78 Å². The number of amides is 1. The largest absolute Gasteiger partial charge is 0.332 e. The van der Waals surface area contributed by atoms with Crippen LogP contribution in [0, 0.1) is 6.92 Å². The van der Waals surface area contributed by atoms with Crippen molar-refractivity contribution in [3.05, 3.63) is 35.1 Å². The van der Waals surface area contributed by atoms with Gasteiger partial charge in [0.1, 0.15) is 0 Å². The third-order valence-electron chi connectivity index (χ3n) is 6.40. The summed E-state index contributed by atoms with van der Waals surface area (Å²) in [5.41, 5.74) is 4.29. The summed E-state index contributed by atoms with van der Waals surface area (Å²) in [6.07, 6.45) is 7.44. The summed E-state index contributed by atoms with van der Waals surface area (Å²) in [5, 5.41) is 0. The van der Waals surface area contributed by atoms with E-state index < -0.39 is 0 Å². The van der Waals surface area contributed by atoms with Crippen molar-refractivity contribution in [3.63, 3.8) is 0 Å². The lowest BCUT2D eigenvalue weighted by molar-refractivity contribution is -0.00381. The van der Waals surface area contributed by atoms with Crippen molar-refractivity contribution in [2.75, 3.05) is 20.1 Å². The number of aromatic nitrogens is 2. The van der Waals surface area contributed by atoms with Crippen molar-refractivity contribution in [1.82, 2.24) is 19.8 Å². The van der Waals surface area contributed by atoms with Crippen LogP contribution in [0.25, 0.3) is 10.6 Å². The molecule has 2 aliphatic heterocycles. The number of thiazole rings is 1. The van der Waals surface area contributed by atoms with Crippen LogP contribution in [0.1, 0.15) is 55.1 Å². The topological polar surface area (TPSA) is 49.3 Å². The van der Waals surface area contributed by atoms with Crippen molar-refractivity contribution < 1.29 is 4.79 Å². The highest BCUT2D eigenvalue weighted by atomic mass is 32.1. The Morgan fingerprint density at radius 2 is 2.11 bits per heavy atom. The molecule has 6 heteroatoms. The second kappa shape index (κ2) is 7.32. The Bertz CT molecular complexity index is 835. The second-order valence-corrected chi connectivity index (χ2v) is 8.96. The predicted octanol–water partition coefficient (Wildman–Crippen LogP) is 3.99. The Kier molecular flexibility index (Phi) is 5.03. The molecular weight excluding hydrogens is 356 g/mol. The Morgan fingerprint density at radius 3 is 2.89 bits per heavy atom. The molecule has 0 radical (unpaired) electrons. The first-order valence-electron chi connectivity index (χ1n) is 9.89. The summed E-state index contributed by atoms with van der Waals surface area (Å²) in [4.78, 5) is 28.1. The number of likely N-dealkylation sites (N-methyl/N-ethyl adjacent to an activating group) is 1. The zero-order chi connectivity index (χ0) is 19.0. The molecule has 1 amide bonds. The number of likely N-dealkylation sites (tertiary alicyclic amines) is 2. The fraction of sp³-hybridized carbons (Fsp3) is 0.571. The number of rotatable bonds is 2. The zero-order valence-corrected chi connectivity index (χ0v) is 17.3. The van der Waals surface area contributed by atoms with Gasteiger partial charge < -0.3 is 9.80 Å². The van der Waals surface area contributed by atoms with Crippen LogP contribution in [0.2, 0.25) is 0 Å². The summed E-state index contributed by atoms with van der Waals surface area (Å²) < 4.78 is 0. The highest BCUT2D eigenvalue weighted by Gasteiger charge is 2.46. The smallest absolute Gasteiger partial charge is 0.254 e. The molecule has 2 aliphatic rings. The average Bonchev–Trinajstić information content (AvgIpc) is 3.00. The molecule has 2 fully saturated rings. The molecule has 2 aromatic rings. The summed E-state index contributed by atoms with van der Waals surface area (Å²) in [6.45, 7) is 6.26. The van der Waals surface area contributed by atoms with Gasteiger partial charge in [-0.05, 0) is 65.3 Å². The lowest BCUT2D eigenvalue weighted by Crippen LogP contribution is -2.63. The SMILES string of the molecule is Cc1ncsc1-c1cc(C(=O)N2CCCC[C@@H]3N(C)CCC[C@@]32C)ccn1. The van der Waals surface area contributed by atoms with Crippen LogP contribution >= 0.6 is 11.3 Å². The van der Waals surface area contributed by atoms with Gasteiger partial charge in [0.15, 0.2) is 0 Å². The molecule has 0 saturated carbocycles. The van der Waals surface area contributed by atoms with Gasteiger partial charge in [-0.25, -0.2) is 4.98 Å². The molecular formula is C21H28N4OS. The van der Waals surface area contributed by atoms with Crippen LogP contribution in [-0.2, 0) is 0 Å². The number of fused-ring (bicyclic) bond motifs is 1. The van der Waals surface area contributed by atoms with E-state index in [2.05, 4.69) is 33.7 Å². The molecule has 0 unspecified atom stereocenters. The van der Waals surface area contributed by atoms with Crippen LogP contribution < -0.4 is 0 Å². The molecule has 0 aromatic carbocycles. The lowest BCUT2D eigenvalue weighted by Gasteiger charge is -2.51. The van der Waals surface area contributed by atoms with Gasteiger partial charge in [0.05, 0.1) is 27.3 Å². The van der Waals surface area contributed by atoms with Gasteiger partial charge in [-0.2, -0.15) is 0 Å². The maximum Gasteiger partial charge on any atom is 0.254 e. The molecule has 27 heavy (non-hydrogen) atoms. The number of hydrogen-bond acceptors (Lipinski definition) is 5. The van der Waals surface area contributed by atoms with Crippen LogP contribution in [0.15, 0.2) is 23.8 Å². The van der Waals surface area contributed by atoms with Gasteiger partial charge in [-0.15, -0.1) is 11.3 Å². The first-order valence-corrected chi connectivity index (χ1v) is 10.8. The Labute approximate surface area is 165 Å². The fourth-order valence-corrected chi connectivity index (χ4v) is 5.69. The van der Waals surface area contributed by atoms with Crippen molar-refractivity contribution >= 4 is 17.2 Å². The number of piperidine rings is 1. The Morgan fingerprint density at radius 1 is 1.26 bits per heavy atom. The standard InChI is InChI=1S/C21H28N4OS/c1-15-19(27-14-23-15)17-13-16(8-10-22-17)20(26)25-12-5-4-7-18-21(25,2)9-6-11-24(18)3/h8,10,13-14,18H,4-7,9,11-12H2,1-3H3/t18-,21-/m0/s1. The van der Waals surface area contributed by atoms with Crippen LogP contribution in [0.5, 0.6) is 0 Å². The molecule has 0 spiro atoms.